The number of nitrogens with zero attached hydrogens (tertiary/aromatic N) is 1. The van der Waals surface area contributed by atoms with E-state index >= 15 is 0 Å². The number of likely N-dealkylation sites (N-methyl/N-ethyl adjacent to an activating group) is 2. The Balaban J connectivity index is 2.75. The molecular formula is C16H34N2. The van der Waals surface area contributed by atoms with Crippen LogP contribution >= 0.6 is 0 Å². The van der Waals surface area contributed by atoms with Gasteiger partial charge >= 0.3 is 0 Å². The summed E-state index contributed by atoms with van der Waals surface area (Å²) in [6, 6.07) is 1.99. The first-order valence-electron chi connectivity index (χ1n) is 7.70. The highest BCUT2D eigenvalue weighted by Crippen LogP contribution is 2.33. The average molecular weight is 254 g/mol. The van der Waals surface area contributed by atoms with Crippen LogP contribution < -0.4 is 5.32 Å². The Morgan fingerprint density at radius 1 is 1.28 bits per heavy atom. The molecule has 2 heteroatoms. The molecule has 1 fully saturated rings. The minimum absolute atomic E-state index is 0.353. The molecule has 18 heavy (non-hydrogen) atoms. The van der Waals surface area contributed by atoms with E-state index < -0.39 is 0 Å². The SMILES string of the molecule is CCC1CCC(NC)C(N(C)C(C)C(C)(C)C)C1. The summed E-state index contributed by atoms with van der Waals surface area (Å²) in [6.07, 6.45) is 5.43. The monoisotopic (exact) mass is 254 g/mol. The fraction of sp³-hybridized carbons (Fsp3) is 1.00. The summed E-state index contributed by atoms with van der Waals surface area (Å²) < 4.78 is 0. The van der Waals surface area contributed by atoms with Crippen LogP contribution in [0.5, 0.6) is 0 Å². The van der Waals surface area contributed by atoms with Gasteiger partial charge in [-0.05, 0) is 51.6 Å². The molecule has 0 spiro atoms. The largest absolute Gasteiger partial charge is 0.315 e. The van der Waals surface area contributed by atoms with Crippen molar-refractivity contribution in [3.05, 3.63) is 0 Å². The normalized spacial score (nSPS) is 31.7. The van der Waals surface area contributed by atoms with E-state index in [-0.39, 0.29) is 0 Å². The lowest BCUT2D eigenvalue weighted by Crippen LogP contribution is -2.55. The molecule has 0 aromatic carbocycles. The summed E-state index contributed by atoms with van der Waals surface area (Å²) in [6.45, 7) is 11.8. The molecule has 0 amide bonds. The predicted molar refractivity (Wildman–Crippen MR) is 80.9 cm³/mol. The molecule has 1 aliphatic rings. The van der Waals surface area contributed by atoms with Crippen LogP contribution in [0.4, 0.5) is 0 Å². The van der Waals surface area contributed by atoms with Crippen LogP contribution in [0.15, 0.2) is 0 Å². The van der Waals surface area contributed by atoms with Gasteiger partial charge in [0.1, 0.15) is 0 Å². The van der Waals surface area contributed by atoms with Gasteiger partial charge in [-0.15, -0.1) is 0 Å². The van der Waals surface area contributed by atoms with Crippen LogP contribution in [-0.2, 0) is 0 Å². The predicted octanol–water partition coefficient (Wildman–Crippen LogP) is 3.52. The van der Waals surface area contributed by atoms with Crippen molar-refractivity contribution in [1.82, 2.24) is 10.2 Å². The van der Waals surface area contributed by atoms with Crippen LogP contribution in [0.3, 0.4) is 0 Å². The fourth-order valence-corrected chi connectivity index (χ4v) is 3.29. The molecule has 2 nitrogen and oxygen atoms in total. The van der Waals surface area contributed by atoms with Gasteiger partial charge in [0.15, 0.2) is 0 Å². The van der Waals surface area contributed by atoms with Gasteiger partial charge in [-0.3, -0.25) is 4.90 Å². The van der Waals surface area contributed by atoms with Gasteiger partial charge in [0.25, 0.3) is 0 Å². The van der Waals surface area contributed by atoms with E-state index in [1.165, 1.54) is 25.7 Å². The summed E-state index contributed by atoms with van der Waals surface area (Å²) in [5, 5.41) is 3.54. The third kappa shape index (κ3) is 3.71. The van der Waals surface area contributed by atoms with E-state index in [0.717, 1.165) is 5.92 Å². The number of rotatable bonds is 4. The van der Waals surface area contributed by atoms with Crippen molar-refractivity contribution >= 4 is 0 Å². The molecule has 1 saturated carbocycles. The highest BCUT2D eigenvalue weighted by Gasteiger charge is 2.36. The van der Waals surface area contributed by atoms with Crippen LogP contribution in [0, 0.1) is 11.3 Å². The molecule has 4 atom stereocenters. The van der Waals surface area contributed by atoms with E-state index in [9.17, 15) is 0 Å². The van der Waals surface area contributed by atoms with E-state index in [1.54, 1.807) is 0 Å². The number of nitrogens with one attached hydrogen (secondary N) is 1. The summed E-state index contributed by atoms with van der Waals surface area (Å²) in [5.41, 5.74) is 0.353. The molecule has 4 unspecified atom stereocenters. The fourth-order valence-electron chi connectivity index (χ4n) is 3.29. The lowest BCUT2D eigenvalue weighted by molar-refractivity contribution is 0.0458. The summed E-state index contributed by atoms with van der Waals surface area (Å²) >= 11 is 0. The first kappa shape index (κ1) is 16.0. The molecular weight excluding hydrogens is 220 g/mol. The van der Waals surface area contributed by atoms with E-state index in [0.29, 0.717) is 23.5 Å². The van der Waals surface area contributed by atoms with Crippen molar-refractivity contribution in [3.63, 3.8) is 0 Å². The van der Waals surface area contributed by atoms with Gasteiger partial charge in [0.2, 0.25) is 0 Å². The van der Waals surface area contributed by atoms with Gasteiger partial charge in [0.05, 0.1) is 0 Å². The Labute approximate surface area is 115 Å². The first-order chi connectivity index (χ1) is 8.31. The molecule has 0 aromatic rings. The zero-order valence-electron chi connectivity index (χ0n) is 13.6. The molecule has 0 bridgehead atoms. The standard InChI is InChI=1S/C16H34N2/c1-8-13-9-10-14(17-6)15(11-13)18(7)12(2)16(3,4)5/h12-15,17H,8-11H2,1-7H3. The van der Waals surface area contributed by atoms with Crippen molar-refractivity contribution in [3.8, 4) is 0 Å². The second-order valence-electron chi connectivity index (χ2n) is 7.26. The van der Waals surface area contributed by atoms with Crippen molar-refractivity contribution in [1.29, 1.82) is 0 Å². The molecule has 0 saturated heterocycles. The molecule has 0 radical (unpaired) electrons. The van der Waals surface area contributed by atoms with Crippen LogP contribution in [0.2, 0.25) is 0 Å². The number of hydrogen-bond donors (Lipinski definition) is 1. The van der Waals surface area contributed by atoms with Crippen molar-refractivity contribution in [2.45, 2.75) is 78.4 Å². The minimum atomic E-state index is 0.353. The molecule has 1 N–H and O–H groups in total. The molecule has 1 aliphatic carbocycles. The summed E-state index contributed by atoms with van der Waals surface area (Å²) in [5.74, 6) is 0.925. The lowest BCUT2D eigenvalue weighted by atomic mass is 9.78. The van der Waals surface area contributed by atoms with Crippen molar-refractivity contribution < 1.29 is 0 Å². The average Bonchev–Trinajstić information content (AvgIpc) is 2.35. The second kappa shape index (κ2) is 6.38. The molecule has 0 aliphatic heterocycles. The second-order valence-corrected chi connectivity index (χ2v) is 7.26. The maximum absolute atomic E-state index is 3.54. The number of hydrogen-bond acceptors (Lipinski definition) is 2. The van der Waals surface area contributed by atoms with E-state index in [4.69, 9.17) is 0 Å². The summed E-state index contributed by atoms with van der Waals surface area (Å²) in [7, 11) is 4.45. The maximum Gasteiger partial charge on any atom is 0.0251 e. The molecule has 1 rings (SSSR count). The smallest absolute Gasteiger partial charge is 0.0251 e. The van der Waals surface area contributed by atoms with Gasteiger partial charge in [-0.25, -0.2) is 0 Å². The molecule has 0 heterocycles. The van der Waals surface area contributed by atoms with Gasteiger partial charge < -0.3 is 5.32 Å². The zero-order chi connectivity index (χ0) is 13.9. The Morgan fingerprint density at radius 3 is 2.33 bits per heavy atom. The van der Waals surface area contributed by atoms with Crippen molar-refractivity contribution in [2.75, 3.05) is 14.1 Å². The van der Waals surface area contributed by atoms with Gasteiger partial charge in [-0.1, -0.05) is 34.1 Å². The van der Waals surface area contributed by atoms with Gasteiger partial charge in [-0.2, -0.15) is 0 Å². The maximum atomic E-state index is 3.54. The highest BCUT2D eigenvalue weighted by atomic mass is 15.2. The zero-order valence-corrected chi connectivity index (χ0v) is 13.6. The van der Waals surface area contributed by atoms with E-state index in [2.05, 4.69) is 58.9 Å². The first-order valence-corrected chi connectivity index (χ1v) is 7.70. The third-order valence-corrected chi connectivity index (χ3v) is 5.26. The van der Waals surface area contributed by atoms with Crippen LogP contribution in [0.25, 0.3) is 0 Å². The highest BCUT2D eigenvalue weighted by molar-refractivity contribution is 4.93. The Bertz CT molecular complexity index is 244. The van der Waals surface area contributed by atoms with Crippen molar-refractivity contribution in [2.24, 2.45) is 11.3 Å². The lowest BCUT2D eigenvalue weighted by Gasteiger charge is -2.46. The topological polar surface area (TPSA) is 15.3 Å². The molecule has 0 aromatic heterocycles. The quantitative estimate of drug-likeness (QED) is 0.826. The summed E-state index contributed by atoms with van der Waals surface area (Å²) in [4.78, 5) is 2.63. The minimum Gasteiger partial charge on any atom is -0.315 e. The van der Waals surface area contributed by atoms with Gasteiger partial charge in [0, 0.05) is 18.1 Å². The molecule has 108 valence electrons. The Morgan fingerprint density at radius 2 is 1.89 bits per heavy atom. The Kier molecular flexibility index (Phi) is 5.67. The Hall–Kier alpha value is -0.0800. The van der Waals surface area contributed by atoms with Crippen LogP contribution in [-0.4, -0.2) is 37.1 Å². The van der Waals surface area contributed by atoms with Crippen LogP contribution in [0.1, 0.15) is 60.3 Å². The third-order valence-electron chi connectivity index (χ3n) is 5.26. The van der Waals surface area contributed by atoms with E-state index in [1.807, 2.05) is 0 Å².